The Labute approximate surface area is 177 Å². The molecule has 0 amide bonds. The highest BCUT2D eigenvalue weighted by atomic mass is 15.3. The van der Waals surface area contributed by atoms with Crippen molar-refractivity contribution in [2.45, 2.75) is 25.9 Å². The second-order valence-electron chi connectivity index (χ2n) is 7.61. The van der Waals surface area contributed by atoms with E-state index in [2.05, 4.69) is 96.4 Å². The van der Waals surface area contributed by atoms with E-state index in [-0.39, 0.29) is 12.1 Å². The smallest absolute Gasteiger partial charge is 0.157 e. The molecule has 0 spiro atoms. The Kier molecular flexibility index (Phi) is 4.68. The number of rotatable bonds is 4. The lowest BCUT2D eigenvalue weighted by atomic mass is 10.0. The molecule has 4 aromatic rings. The zero-order chi connectivity index (χ0) is 20.5. The SMILES string of the molecule is CC(c1ccccc1)N1c2cccnc2N(C(C)c2ccccc2)c2cccnc21. The Balaban J connectivity index is 1.69. The van der Waals surface area contributed by atoms with Gasteiger partial charge in [-0.2, -0.15) is 0 Å². The molecule has 3 heterocycles. The molecule has 2 aromatic heterocycles. The molecule has 4 heteroatoms. The molecular formula is C26H24N4. The van der Waals surface area contributed by atoms with Crippen molar-refractivity contribution < 1.29 is 0 Å². The molecule has 2 unspecified atom stereocenters. The van der Waals surface area contributed by atoms with E-state index in [1.807, 2.05) is 24.5 Å². The van der Waals surface area contributed by atoms with Crippen molar-refractivity contribution in [1.29, 1.82) is 0 Å². The maximum absolute atomic E-state index is 4.83. The maximum Gasteiger partial charge on any atom is 0.157 e. The zero-order valence-corrected chi connectivity index (χ0v) is 17.2. The number of anilines is 4. The van der Waals surface area contributed by atoms with Gasteiger partial charge in [-0.15, -0.1) is 0 Å². The molecule has 0 saturated heterocycles. The first-order valence-corrected chi connectivity index (χ1v) is 10.3. The molecule has 0 saturated carbocycles. The van der Waals surface area contributed by atoms with Crippen LogP contribution in [0.25, 0.3) is 0 Å². The van der Waals surface area contributed by atoms with Gasteiger partial charge in [0.05, 0.1) is 23.5 Å². The Bertz CT molecular complexity index is 1000. The Hall–Kier alpha value is -3.66. The second kappa shape index (κ2) is 7.64. The first-order valence-electron chi connectivity index (χ1n) is 10.3. The van der Waals surface area contributed by atoms with E-state index in [0.29, 0.717) is 0 Å². The maximum atomic E-state index is 4.83. The number of aromatic nitrogens is 2. The summed E-state index contributed by atoms with van der Waals surface area (Å²) in [7, 11) is 0. The molecule has 0 radical (unpaired) electrons. The summed E-state index contributed by atoms with van der Waals surface area (Å²) in [5.74, 6) is 1.91. The zero-order valence-electron chi connectivity index (χ0n) is 17.2. The summed E-state index contributed by atoms with van der Waals surface area (Å²) in [6, 6.07) is 29.7. The number of nitrogens with zero attached hydrogens (tertiary/aromatic N) is 4. The molecule has 4 nitrogen and oxygen atoms in total. The molecular weight excluding hydrogens is 368 g/mol. The molecule has 2 aromatic carbocycles. The van der Waals surface area contributed by atoms with Crippen molar-refractivity contribution in [3.8, 4) is 0 Å². The van der Waals surface area contributed by atoms with Crippen molar-refractivity contribution in [1.82, 2.24) is 9.97 Å². The quantitative estimate of drug-likeness (QED) is 0.392. The Morgan fingerprint density at radius 1 is 0.533 bits per heavy atom. The molecule has 1 aliphatic heterocycles. The molecule has 30 heavy (non-hydrogen) atoms. The lowest BCUT2D eigenvalue weighted by Gasteiger charge is -2.43. The molecule has 2 atom stereocenters. The summed E-state index contributed by atoms with van der Waals surface area (Å²) < 4.78 is 0. The van der Waals surface area contributed by atoms with Crippen LogP contribution in [0.1, 0.15) is 37.1 Å². The van der Waals surface area contributed by atoms with Crippen LogP contribution in [0.3, 0.4) is 0 Å². The number of fused-ring (bicyclic) bond motifs is 2. The fraction of sp³-hybridized carbons (Fsp3) is 0.154. The largest absolute Gasteiger partial charge is 0.314 e. The highest BCUT2D eigenvalue weighted by Crippen LogP contribution is 2.51. The van der Waals surface area contributed by atoms with E-state index in [1.54, 1.807) is 0 Å². The molecule has 1 aliphatic rings. The topological polar surface area (TPSA) is 32.3 Å². The van der Waals surface area contributed by atoms with Gasteiger partial charge in [-0.1, -0.05) is 60.7 Å². The van der Waals surface area contributed by atoms with Gasteiger partial charge in [-0.05, 0) is 49.2 Å². The molecule has 0 N–H and O–H groups in total. The first kappa shape index (κ1) is 18.4. The van der Waals surface area contributed by atoms with Gasteiger partial charge in [0.15, 0.2) is 11.6 Å². The fourth-order valence-electron chi connectivity index (χ4n) is 4.30. The van der Waals surface area contributed by atoms with E-state index < -0.39 is 0 Å². The van der Waals surface area contributed by atoms with Crippen molar-refractivity contribution in [2.75, 3.05) is 9.80 Å². The molecule has 0 fully saturated rings. The van der Waals surface area contributed by atoms with Crippen molar-refractivity contribution in [3.63, 3.8) is 0 Å². The van der Waals surface area contributed by atoms with Crippen LogP contribution >= 0.6 is 0 Å². The van der Waals surface area contributed by atoms with E-state index in [1.165, 1.54) is 11.1 Å². The third-order valence-electron chi connectivity index (χ3n) is 5.85. The minimum absolute atomic E-state index is 0.122. The van der Waals surface area contributed by atoms with Gasteiger partial charge in [0, 0.05) is 12.4 Å². The van der Waals surface area contributed by atoms with Crippen LogP contribution in [-0.4, -0.2) is 9.97 Å². The number of hydrogen-bond acceptors (Lipinski definition) is 4. The minimum atomic E-state index is 0.122. The monoisotopic (exact) mass is 392 g/mol. The van der Waals surface area contributed by atoms with Gasteiger partial charge in [-0.3, -0.25) is 0 Å². The molecule has 0 bridgehead atoms. The van der Waals surface area contributed by atoms with E-state index in [9.17, 15) is 0 Å². The third-order valence-corrected chi connectivity index (χ3v) is 5.85. The molecule has 5 rings (SSSR count). The van der Waals surface area contributed by atoms with Crippen molar-refractivity contribution >= 4 is 23.0 Å². The van der Waals surface area contributed by atoms with Crippen LogP contribution in [0.4, 0.5) is 23.0 Å². The molecule has 0 aliphatic carbocycles. The highest BCUT2D eigenvalue weighted by molar-refractivity contribution is 5.90. The van der Waals surface area contributed by atoms with E-state index >= 15 is 0 Å². The third kappa shape index (κ3) is 3.01. The summed E-state index contributed by atoms with van der Waals surface area (Å²) >= 11 is 0. The van der Waals surface area contributed by atoms with Crippen LogP contribution < -0.4 is 9.80 Å². The summed E-state index contributed by atoms with van der Waals surface area (Å²) in [6.45, 7) is 4.45. The van der Waals surface area contributed by atoms with Gasteiger partial charge in [-0.25, -0.2) is 9.97 Å². The van der Waals surface area contributed by atoms with Gasteiger partial charge in [0.1, 0.15) is 0 Å². The van der Waals surface area contributed by atoms with E-state index in [0.717, 1.165) is 23.0 Å². The van der Waals surface area contributed by atoms with Gasteiger partial charge < -0.3 is 9.80 Å². The van der Waals surface area contributed by atoms with Crippen LogP contribution in [0, 0.1) is 0 Å². The summed E-state index contributed by atoms with van der Waals surface area (Å²) in [5.41, 5.74) is 4.63. The summed E-state index contributed by atoms with van der Waals surface area (Å²) in [5, 5.41) is 0. The normalized spacial score (nSPS) is 14.6. The van der Waals surface area contributed by atoms with Crippen LogP contribution in [0.2, 0.25) is 0 Å². The van der Waals surface area contributed by atoms with Gasteiger partial charge in [0.25, 0.3) is 0 Å². The fourth-order valence-corrected chi connectivity index (χ4v) is 4.30. The van der Waals surface area contributed by atoms with Crippen LogP contribution in [-0.2, 0) is 0 Å². The Morgan fingerprint density at radius 3 is 1.33 bits per heavy atom. The first-order chi connectivity index (χ1) is 14.8. The number of hydrogen-bond donors (Lipinski definition) is 0. The lowest BCUT2D eigenvalue weighted by molar-refractivity contribution is 0.711. The average Bonchev–Trinajstić information content (AvgIpc) is 2.82. The van der Waals surface area contributed by atoms with Gasteiger partial charge >= 0.3 is 0 Å². The predicted molar refractivity (Wildman–Crippen MR) is 122 cm³/mol. The predicted octanol–water partition coefficient (Wildman–Crippen LogP) is 6.59. The van der Waals surface area contributed by atoms with E-state index in [4.69, 9.17) is 9.97 Å². The van der Waals surface area contributed by atoms with Crippen LogP contribution in [0.5, 0.6) is 0 Å². The van der Waals surface area contributed by atoms with Gasteiger partial charge in [0.2, 0.25) is 0 Å². The van der Waals surface area contributed by atoms with Crippen molar-refractivity contribution in [3.05, 3.63) is 108 Å². The standard InChI is InChI=1S/C26H24N4/c1-19(21-11-5-3-6-12-21)29-23-15-9-18-28-26(23)30(24-16-10-17-27-25(24)29)20(2)22-13-7-4-8-14-22/h3-20H,1-2H3. The average molecular weight is 393 g/mol. The number of benzene rings is 2. The number of pyridine rings is 2. The Morgan fingerprint density at radius 2 is 0.933 bits per heavy atom. The summed E-state index contributed by atoms with van der Waals surface area (Å²) in [4.78, 5) is 14.3. The van der Waals surface area contributed by atoms with Crippen LogP contribution in [0.15, 0.2) is 97.3 Å². The lowest BCUT2D eigenvalue weighted by Crippen LogP contribution is -2.34. The molecule has 148 valence electrons. The summed E-state index contributed by atoms with van der Waals surface area (Å²) in [6.07, 6.45) is 3.74. The second-order valence-corrected chi connectivity index (χ2v) is 7.61. The highest BCUT2D eigenvalue weighted by Gasteiger charge is 2.35. The minimum Gasteiger partial charge on any atom is -0.314 e. The van der Waals surface area contributed by atoms with Crippen molar-refractivity contribution in [2.24, 2.45) is 0 Å².